The van der Waals surface area contributed by atoms with Crippen molar-refractivity contribution in [1.82, 2.24) is 10.3 Å². The van der Waals surface area contributed by atoms with Crippen LogP contribution in [0.2, 0.25) is 0 Å². The quantitative estimate of drug-likeness (QED) is 0.859. The summed E-state index contributed by atoms with van der Waals surface area (Å²) in [7, 11) is -3.55. The molecule has 7 heteroatoms. The Kier molecular flexibility index (Phi) is 4.74. The summed E-state index contributed by atoms with van der Waals surface area (Å²) in [6.45, 7) is 4.85. The minimum Gasteiger partial charge on any atom is -0.310 e. The predicted octanol–water partition coefficient (Wildman–Crippen LogP) is 2.44. The number of rotatable bonds is 6. The number of aromatic nitrogens is 1. The third-order valence-corrected chi connectivity index (χ3v) is 4.77. The standard InChI is InChI=1S/C13H17N3O2S2/c1-10(2)15-9-11-3-5-12(6-4-11)20(17,18)16-13-14-7-8-19-13/h3-8,10,15H,9H2,1-2H3,(H,14,16). The van der Waals surface area contributed by atoms with Crippen LogP contribution >= 0.6 is 11.3 Å². The Morgan fingerprint density at radius 2 is 1.95 bits per heavy atom. The summed E-state index contributed by atoms with van der Waals surface area (Å²) >= 11 is 1.25. The van der Waals surface area contributed by atoms with E-state index in [4.69, 9.17) is 0 Å². The number of anilines is 1. The first-order valence-electron chi connectivity index (χ1n) is 6.22. The van der Waals surface area contributed by atoms with E-state index in [-0.39, 0.29) is 4.90 Å². The largest absolute Gasteiger partial charge is 0.310 e. The van der Waals surface area contributed by atoms with Crippen molar-refractivity contribution in [1.29, 1.82) is 0 Å². The Morgan fingerprint density at radius 3 is 2.50 bits per heavy atom. The first-order valence-corrected chi connectivity index (χ1v) is 8.58. The predicted molar refractivity (Wildman–Crippen MR) is 81.3 cm³/mol. The van der Waals surface area contributed by atoms with Gasteiger partial charge < -0.3 is 5.32 Å². The highest BCUT2D eigenvalue weighted by molar-refractivity contribution is 7.93. The van der Waals surface area contributed by atoms with Crippen LogP contribution in [0.15, 0.2) is 40.7 Å². The molecule has 0 spiro atoms. The average molecular weight is 311 g/mol. The molecule has 2 aromatic rings. The smallest absolute Gasteiger partial charge is 0.263 e. The number of sulfonamides is 1. The van der Waals surface area contributed by atoms with Gasteiger partial charge in [-0.1, -0.05) is 26.0 Å². The molecule has 2 N–H and O–H groups in total. The lowest BCUT2D eigenvalue weighted by Crippen LogP contribution is -2.21. The van der Waals surface area contributed by atoms with Crippen LogP contribution in [-0.2, 0) is 16.6 Å². The van der Waals surface area contributed by atoms with Crippen LogP contribution in [0.4, 0.5) is 5.13 Å². The molecule has 0 aliphatic heterocycles. The first kappa shape index (κ1) is 15.0. The number of thiazole rings is 1. The molecule has 1 aromatic carbocycles. The summed E-state index contributed by atoms with van der Waals surface area (Å²) in [6.07, 6.45) is 1.56. The number of hydrogen-bond donors (Lipinski definition) is 2. The lowest BCUT2D eigenvalue weighted by molar-refractivity contribution is 0.588. The zero-order chi connectivity index (χ0) is 14.6. The molecule has 2 rings (SSSR count). The molecule has 108 valence electrons. The van der Waals surface area contributed by atoms with Gasteiger partial charge in [-0.3, -0.25) is 4.72 Å². The van der Waals surface area contributed by atoms with E-state index in [0.717, 1.165) is 12.1 Å². The molecule has 0 unspecified atom stereocenters. The van der Waals surface area contributed by atoms with E-state index in [1.165, 1.54) is 11.3 Å². The molecule has 0 amide bonds. The number of nitrogens with one attached hydrogen (secondary N) is 2. The van der Waals surface area contributed by atoms with Crippen molar-refractivity contribution in [2.24, 2.45) is 0 Å². The van der Waals surface area contributed by atoms with Crippen molar-refractivity contribution in [3.63, 3.8) is 0 Å². The van der Waals surface area contributed by atoms with E-state index < -0.39 is 10.0 Å². The van der Waals surface area contributed by atoms with Gasteiger partial charge in [-0.15, -0.1) is 11.3 Å². The van der Waals surface area contributed by atoms with Gasteiger partial charge in [0.1, 0.15) is 0 Å². The molecule has 0 bridgehead atoms. The number of benzene rings is 1. The van der Waals surface area contributed by atoms with E-state index in [2.05, 4.69) is 28.9 Å². The Balaban J connectivity index is 2.08. The molecule has 0 saturated carbocycles. The Labute approximate surface area is 123 Å². The highest BCUT2D eigenvalue weighted by Crippen LogP contribution is 2.18. The average Bonchev–Trinajstić information content (AvgIpc) is 2.89. The SMILES string of the molecule is CC(C)NCc1ccc(S(=O)(=O)Nc2nccs2)cc1. The molecule has 1 heterocycles. The summed E-state index contributed by atoms with van der Waals surface area (Å²) in [6, 6.07) is 7.22. The molecule has 0 radical (unpaired) electrons. The van der Waals surface area contributed by atoms with Gasteiger partial charge in [-0.25, -0.2) is 13.4 Å². The van der Waals surface area contributed by atoms with Gasteiger partial charge in [0.2, 0.25) is 0 Å². The first-order chi connectivity index (χ1) is 9.47. The summed E-state index contributed by atoms with van der Waals surface area (Å²) in [5.74, 6) is 0. The second-order valence-electron chi connectivity index (χ2n) is 4.62. The highest BCUT2D eigenvalue weighted by atomic mass is 32.2. The van der Waals surface area contributed by atoms with E-state index in [9.17, 15) is 8.42 Å². The summed E-state index contributed by atoms with van der Waals surface area (Å²) in [5.41, 5.74) is 1.05. The Bertz CT molecular complexity index is 635. The topological polar surface area (TPSA) is 71.1 Å². The van der Waals surface area contributed by atoms with E-state index in [1.807, 2.05) is 12.1 Å². The normalized spacial score (nSPS) is 11.8. The second-order valence-corrected chi connectivity index (χ2v) is 7.20. The molecule has 0 fully saturated rings. The third kappa shape index (κ3) is 4.03. The van der Waals surface area contributed by atoms with Crippen molar-refractivity contribution in [2.45, 2.75) is 31.3 Å². The van der Waals surface area contributed by atoms with Crippen molar-refractivity contribution in [2.75, 3.05) is 4.72 Å². The molecular weight excluding hydrogens is 294 g/mol. The fraction of sp³-hybridized carbons (Fsp3) is 0.308. The summed E-state index contributed by atoms with van der Waals surface area (Å²) in [5, 5.41) is 5.37. The van der Waals surface area contributed by atoms with Crippen LogP contribution in [0, 0.1) is 0 Å². The van der Waals surface area contributed by atoms with Gasteiger partial charge in [0, 0.05) is 24.2 Å². The molecule has 0 aliphatic rings. The van der Waals surface area contributed by atoms with Gasteiger partial charge in [-0.2, -0.15) is 0 Å². The zero-order valence-corrected chi connectivity index (χ0v) is 13.0. The molecule has 20 heavy (non-hydrogen) atoms. The fourth-order valence-corrected chi connectivity index (χ4v) is 3.34. The molecule has 0 atom stereocenters. The maximum atomic E-state index is 12.1. The van der Waals surface area contributed by atoms with Gasteiger partial charge in [0.25, 0.3) is 10.0 Å². The van der Waals surface area contributed by atoms with E-state index >= 15 is 0 Å². The minimum absolute atomic E-state index is 0.237. The maximum Gasteiger partial charge on any atom is 0.263 e. The van der Waals surface area contributed by atoms with Gasteiger partial charge >= 0.3 is 0 Å². The van der Waals surface area contributed by atoms with Crippen LogP contribution in [0.5, 0.6) is 0 Å². The van der Waals surface area contributed by atoms with Crippen LogP contribution < -0.4 is 10.0 Å². The monoisotopic (exact) mass is 311 g/mol. The van der Waals surface area contributed by atoms with Gasteiger partial charge in [0.15, 0.2) is 5.13 Å². The molecule has 0 aliphatic carbocycles. The Hall–Kier alpha value is -1.44. The number of hydrogen-bond acceptors (Lipinski definition) is 5. The van der Waals surface area contributed by atoms with Crippen LogP contribution in [0.25, 0.3) is 0 Å². The highest BCUT2D eigenvalue weighted by Gasteiger charge is 2.15. The van der Waals surface area contributed by atoms with Crippen molar-refractivity contribution in [3.8, 4) is 0 Å². The molecular formula is C13H17N3O2S2. The lowest BCUT2D eigenvalue weighted by atomic mass is 10.2. The fourth-order valence-electron chi connectivity index (χ4n) is 1.56. The van der Waals surface area contributed by atoms with Crippen LogP contribution in [0.1, 0.15) is 19.4 Å². The zero-order valence-electron chi connectivity index (χ0n) is 11.3. The van der Waals surface area contributed by atoms with Crippen molar-refractivity contribution < 1.29 is 8.42 Å². The summed E-state index contributed by atoms with van der Waals surface area (Å²) in [4.78, 5) is 4.15. The molecule has 0 saturated heterocycles. The van der Waals surface area contributed by atoms with Crippen LogP contribution in [-0.4, -0.2) is 19.4 Å². The van der Waals surface area contributed by atoms with Crippen molar-refractivity contribution >= 4 is 26.5 Å². The van der Waals surface area contributed by atoms with Crippen LogP contribution in [0.3, 0.4) is 0 Å². The summed E-state index contributed by atoms with van der Waals surface area (Å²) < 4.78 is 26.7. The number of nitrogens with zero attached hydrogens (tertiary/aromatic N) is 1. The molecule has 1 aromatic heterocycles. The minimum atomic E-state index is -3.55. The van der Waals surface area contributed by atoms with Gasteiger partial charge in [0.05, 0.1) is 4.90 Å². The van der Waals surface area contributed by atoms with E-state index in [1.54, 1.807) is 23.7 Å². The molecule has 5 nitrogen and oxygen atoms in total. The Morgan fingerprint density at radius 1 is 1.25 bits per heavy atom. The van der Waals surface area contributed by atoms with Crippen molar-refractivity contribution in [3.05, 3.63) is 41.4 Å². The van der Waals surface area contributed by atoms with E-state index in [0.29, 0.717) is 11.2 Å². The lowest BCUT2D eigenvalue weighted by Gasteiger charge is -2.09. The second kappa shape index (κ2) is 6.34. The maximum absolute atomic E-state index is 12.1. The third-order valence-electron chi connectivity index (χ3n) is 2.60. The van der Waals surface area contributed by atoms with Gasteiger partial charge in [-0.05, 0) is 17.7 Å².